The predicted molar refractivity (Wildman–Crippen MR) is 137 cm³/mol. The smallest absolute Gasteiger partial charge is 0.166 e. The fourth-order valence-electron chi connectivity index (χ4n) is 4.97. The van der Waals surface area contributed by atoms with Crippen LogP contribution in [-0.4, -0.2) is 0 Å². The van der Waals surface area contributed by atoms with Crippen molar-refractivity contribution < 1.29 is 26.3 Å². The number of benzene rings is 5. The SMILES string of the molecule is FC(F)(F)c1ccc2sc3c4cc5ccc6c7cc(C(F)(F)F)ccc7sc6c5cc4ccc3c2c1. The molecule has 0 spiro atoms. The maximum atomic E-state index is 13.3. The maximum Gasteiger partial charge on any atom is 0.416 e. The van der Waals surface area contributed by atoms with Gasteiger partial charge >= 0.3 is 12.4 Å². The Kier molecular flexibility index (Phi) is 4.32. The van der Waals surface area contributed by atoms with Crippen molar-refractivity contribution in [2.24, 2.45) is 0 Å². The van der Waals surface area contributed by atoms with Gasteiger partial charge in [0.15, 0.2) is 0 Å². The maximum absolute atomic E-state index is 13.3. The number of thiophene rings is 2. The van der Waals surface area contributed by atoms with Crippen molar-refractivity contribution in [1.82, 2.24) is 0 Å². The van der Waals surface area contributed by atoms with Crippen molar-refractivity contribution in [3.63, 3.8) is 0 Å². The Hall–Kier alpha value is -3.36. The molecule has 0 saturated carbocycles. The Labute approximate surface area is 207 Å². The summed E-state index contributed by atoms with van der Waals surface area (Å²) in [6.45, 7) is 0. The molecule has 0 amide bonds. The lowest BCUT2D eigenvalue weighted by Crippen LogP contribution is -2.03. The summed E-state index contributed by atoms with van der Waals surface area (Å²) in [5, 5.41) is 6.44. The molecule has 0 aliphatic heterocycles. The standard InChI is InChI=1S/C28H12F6S2/c29-27(30,31)15-3-7-23-21(11-15)17-5-1-13-9-20-14(10-19(13)25(17)35-23)2-6-18-22-12-16(28(32,33)34)4-8-24(22)36-26(18)20/h1-12H. The Morgan fingerprint density at radius 2 is 0.833 bits per heavy atom. The van der Waals surface area contributed by atoms with Gasteiger partial charge in [0.05, 0.1) is 11.1 Å². The van der Waals surface area contributed by atoms with Crippen molar-refractivity contribution in [1.29, 1.82) is 0 Å². The number of fused-ring (bicyclic) bond motifs is 10. The first-order valence-corrected chi connectivity index (χ1v) is 12.5. The minimum absolute atomic E-state index is 0.576. The predicted octanol–water partition coefficient (Wildman–Crippen LogP) is 10.8. The minimum atomic E-state index is -4.41. The van der Waals surface area contributed by atoms with E-state index in [1.54, 1.807) is 0 Å². The van der Waals surface area contributed by atoms with E-state index in [1.165, 1.54) is 46.9 Å². The van der Waals surface area contributed by atoms with Crippen LogP contribution in [0.25, 0.3) is 61.9 Å². The first-order chi connectivity index (χ1) is 17.1. The van der Waals surface area contributed by atoms with Gasteiger partial charge in [-0.1, -0.05) is 24.3 Å². The van der Waals surface area contributed by atoms with E-state index in [4.69, 9.17) is 0 Å². The summed E-state index contributed by atoms with van der Waals surface area (Å²) < 4.78 is 83.1. The van der Waals surface area contributed by atoms with Crippen molar-refractivity contribution in [2.45, 2.75) is 12.4 Å². The molecule has 0 nitrogen and oxygen atoms in total. The van der Waals surface area contributed by atoms with E-state index in [0.717, 1.165) is 63.2 Å². The van der Waals surface area contributed by atoms with E-state index < -0.39 is 23.5 Å². The lowest BCUT2D eigenvalue weighted by molar-refractivity contribution is -0.138. The number of alkyl halides is 6. The average molecular weight is 527 g/mol. The van der Waals surface area contributed by atoms with E-state index in [-0.39, 0.29) is 0 Å². The van der Waals surface area contributed by atoms with Gasteiger partial charge in [-0.05, 0) is 59.3 Å². The fraction of sp³-hybridized carbons (Fsp3) is 0.0714. The normalized spacial score (nSPS) is 13.3. The molecule has 2 aromatic heterocycles. The lowest BCUT2D eigenvalue weighted by atomic mass is 9.99. The minimum Gasteiger partial charge on any atom is -0.166 e. The second-order valence-electron chi connectivity index (χ2n) is 8.80. The number of halogens is 6. The highest BCUT2D eigenvalue weighted by Gasteiger charge is 2.31. The number of hydrogen-bond acceptors (Lipinski definition) is 2. The van der Waals surface area contributed by atoms with Crippen LogP contribution in [0.5, 0.6) is 0 Å². The van der Waals surface area contributed by atoms with Gasteiger partial charge in [-0.2, -0.15) is 26.3 Å². The zero-order chi connectivity index (χ0) is 25.0. The summed E-state index contributed by atoms with van der Waals surface area (Å²) in [4.78, 5) is 0. The summed E-state index contributed by atoms with van der Waals surface area (Å²) in [7, 11) is 0. The van der Waals surface area contributed by atoms with Gasteiger partial charge in [0, 0.05) is 51.1 Å². The zero-order valence-corrected chi connectivity index (χ0v) is 19.6. The molecule has 5 aromatic carbocycles. The third kappa shape index (κ3) is 3.14. The van der Waals surface area contributed by atoms with Crippen LogP contribution in [0.15, 0.2) is 72.8 Å². The summed E-state index contributed by atoms with van der Waals surface area (Å²) in [5.74, 6) is 0. The molecule has 0 saturated heterocycles. The molecule has 0 unspecified atom stereocenters. The Morgan fingerprint density at radius 1 is 0.417 bits per heavy atom. The molecule has 0 aliphatic carbocycles. The Bertz CT molecular complexity index is 1870. The Balaban J connectivity index is 1.50. The van der Waals surface area contributed by atoms with Crippen LogP contribution in [0.2, 0.25) is 0 Å². The second-order valence-corrected chi connectivity index (χ2v) is 10.9. The quantitative estimate of drug-likeness (QED) is 0.136. The van der Waals surface area contributed by atoms with Gasteiger partial charge < -0.3 is 0 Å². The zero-order valence-electron chi connectivity index (χ0n) is 18.0. The van der Waals surface area contributed by atoms with Gasteiger partial charge in [-0.25, -0.2) is 0 Å². The highest BCUT2D eigenvalue weighted by atomic mass is 32.1. The van der Waals surface area contributed by atoms with Crippen molar-refractivity contribution in [3.05, 3.63) is 83.9 Å². The molecule has 8 heteroatoms. The van der Waals surface area contributed by atoms with Crippen LogP contribution in [0.3, 0.4) is 0 Å². The Morgan fingerprint density at radius 3 is 1.22 bits per heavy atom. The van der Waals surface area contributed by atoms with Crippen LogP contribution >= 0.6 is 22.7 Å². The largest absolute Gasteiger partial charge is 0.416 e. The molecule has 0 bridgehead atoms. The van der Waals surface area contributed by atoms with E-state index in [0.29, 0.717) is 10.8 Å². The third-order valence-corrected chi connectivity index (χ3v) is 9.12. The molecule has 36 heavy (non-hydrogen) atoms. The van der Waals surface area contributed by atoms with E-state index >= 15 is 0 Å². The van der Waals surface area contributed by atoms with E-state index in [9.17, 15) is 26.3 Å². The van der Waals surface area contributed by atoms with E-state index in [2.05, 4.69) is 0 Å². The molecule has 0 radical (unpaired) electrons. The van der Waals surface area contributed by atoms with Gasteiger partial charge in [-0.15, -0.1) is 22.7 Å². The van der Waals surface area contributed by atoms with Crippen LogP contribution < -0.4 is 0 Å². The number of rotatable bonds is 0. The van der Waals surface area contributed by atoms with Crippen molar-refractivity contribution >= 4 is 84.6 Å². The summed E-state index contributed by atoms with van der Waals surface area (Å²) in [6.07, 6.45) is -8.82. The van der Waals surface area contributed by atoms with Gasteiger partial charge in [-0.3, -0.25) is 0 Å². The van der Waals surface area contributed by atoms with Crippen molar-refractivity contribution in [3.8, 4) is 0 Å². The molecule has 0 fully saturated rings. The molecular formula is C28H12F6S2. The van der Waals surface area contributed by atoms with Crippen LogP contribution in [-0.2, 0) is 12.4 Å². The van der Waals surface area contributed by atoms with Gasteiger partial charge in [0.25, 0.3) is 0 Å². The molecule has 178 valence electrons. The first-order valence-electron chi connectivity index (χ1n) is 10.9. The van der Waals surface area contributed by atoms with Crippen LogP contribution in [0.4, 0.5) is 26.3 Å². The fourth-order valence-corrected chi connectivity index (χ4v) is 7.38. The molecular weight excluding hydrogens is 514 g/mol. The van der Waals surface area contributed by atoms with Gasteiger partial charge in [0.2, 0.25) is 0 Å². The summed E-state index contributed by atoms with van der Waals surface area (Å²) >= 11 is 2.92. The van der Waals surface area contributed by atoms with E-state index in [1.807, 2.05) is 36.4 Å². The highest BCUT2D eigenvalue weighted by molar-refractivity contribution is 7.27. The van der Waals surface area contributed by atoms with Gasteiger partial charge in [0.1, 0.15) is 0 Å². The molecule has 7 aromatic rings. The summed E-state index contributed by atoms with van der Waals surface area (Å²) in [5.41, 5.74) is -1.34. The molecule has 0 atom stereocenters. The lowest BCUT2D eigenvalue weighted by Gasteiger charge is -2.07. The first kappa shape index (κ1) is 21.9. The molecule has 0 aliphatic rings. The molecule has 0 N–H and O–H groups in total. The van der Waals surface area contributed by atoms with Crippen LogP contribution in [0, 0.1) is 0 Å². The number of hydrogen-bond donors (Lipinski definition) is 0. The third-order valence-electron chi connectivity index (χ3n) is 6.68. The topological polar surface area (TPSA) is 0 Å². The second kappa shape index (κ2) is 7.11. The molecule has 7 rings (SSSR count). The highest BCUT2D eigenvalue weighted by Crippen LogP contribution is 2.45. The molecule has 2 heterocycles. The summed E-state index contributed by atoms with van der Waals surface area (Å²) in [6, 6.07) is 19.2. The monoisotopic (exact) mass is 526 g/mol. The average Bonchev–Trinajstić information content (AvgIpc) is 3.39. The van der Waals surface area contributed by atoms with Crippen molar-refractivity contribution in [2.75, 3.05) is 0 Å². The van der Waals surface area contributed by atoms with Crippen LogP contribution in [0.1, 0.15) is 11.1 Å².